The highest BCUT2D eigenvalue weighted by atomic mass is 79.9. The standard InChI is InChI=1S/C12H22BrNOS/c1-10-3-6-12(9-13,7-4-10)14-11(15)5-8-16-2/h10H,3-9H2,1-2H3,(H,14,15). The van der Waals surface area contributed by atoms with E-state index >= 15 is 0 Å². The van der Waals surface area contributed by atoms with Crippen LogP contribution in [0.5, 0.6) is 0 Å². The molecule has 0 heterocycles. The van der Waals surface area contributed by atoms with Gasteiger partial charge in [-0.3, -0.25) is 4.79 Å². The van der Waals surface area contributed by atoms with Crippen LogP contribution in [0.25, 0.3) is 0 Å². The molecule has 0 aromatic carbocycles. The fourth-order valence-electron chi connectivity index (χ4n) is 2.16. The molecule has 0 aromatic rings. The van der Waals surface area contributed by atoms with Gasteiger partial charge in [-0.15, -0.1) is 0 Å². The van der Waals surface area contributed by atoms with Gasteiger partial charge in [0.15, 0.2) is 0 Å². The number of hydrogen-bond acceptors (Lipinski definition) is 2. The van der Waals surface area contributed by atoms with E-state index < -0.39 is 0 Å². The fraction of sp³-hybridized carbons (Fsp3) is 0.917. The summed E-state index contributed by atoms with van der Waals surface area (Å²) in [4.78, 5) is 11.8. The Morgan fingerprint density at radius 3 is 2.62 bits per heavy atom. The Morgan fingerprint density at radius 1 is 1.50 bits per heavy atom. The molecule has 0 aliphatic heterocycles. The summed E-state index contributed by atoms with van der Waals surface area (Å²) in [5.74, 6) is 1.94. The van der Waals surface area contributed by atoms with Gasteiger partial charge in [0.25, 0.3) is 0 Å². The molecule has 1 N–H and O–H groups in total. The van der Waals surface area contributed by atoms with Gasteiger partial charge in [0.1, 0.15) is 0 Å². The third-order valence-electron chi connectivity index (χ3n) is 3.43. The zero-order valence-electron chi connectivity index (χ0n) is 10.2. The normalized spacial score (nSPS) is 30.1. The van der Waals surface area contributed by atoms with Crippen molar-refractivity contribution in [1.29, 1.82) is 0 Å². The monoisotopic (exact) mass is 307 g/mol. The number of nitrogens with one attached hydrogen (secondary N) is 1. The molecule has 1 aliphatic rings. The topological polar surface area (TPSA) is 29.1 Å². The number of carbonyl (C=O) groups excluding carboxylic acids is 1. The summed E-state index contributed by atoms with van der Waals surface area (Å²) in [6, 6.07) is 0. The number of alkyl halides is 1. The minimum atomic E-state index is 0.0298. The van der Waals surface area contributed by atoms with Gasteiger partial charge in [-0.25, -0.2) is 0 Å². The highest BCUT2D eigenvalue weighted by Crippen LogP contribution is 2.33. The van der Waals surface area contributed by atoms with Crippen LogP contribution in [0, 0.1) is 5.92 Å². The molecule has 1 aliphatic carbocycles. The van der Waals surface area contributed by atoms with E-state index in [-0.39, 0.29) is 11.4 Å². The third-order valence-corrected chi connectivity index (χ3v) is 5.11. The molecular weight excluding hydrogens is 286 g/mol. The van der Waals surface area contributed by atoms with Gasteiger partial charge in [-0.05, 0) is 37.9 Å². The highest BCUT2D eigenvalue weighted by molar-refractivity contribution is 9.09. The van der Waals surface area contributed by atoms with Crippen LogP contribution in [0.15, 0.2) is 0 Å². The quantitative estimate of drug-likeness (QED) is 0.790. The van der Waals surface area contributed by atoms with Gasteiger partial charge in [-0.2, -0.15) is 11.8 Å². The summed E-state index contributed by atoms with van der Waals surface area (Å²) < 4.78 is 0. The fourth-order valence-corrected chi connectivity index (χ4v) is 3.25. The molecule has 1 rings (SSSR count). The summed E-state index contributed by atoms with van der Waals surface area (Å²) in [6.07, 6.45) is 7.37. The van der Waals surface area contributed by atoms with E-state index in [9.17, 15) is 4.79 Å². The molecule has 4 heteroatoms. The lowest BCUT2D eigenvalue weighted by molar-refractivity contribution is -0.122. The van der Waals surface area contributed by atoms with Crippen molar-refractivity contribution in [2.45, 2.75) is 44.6 Å². The summed E-state index contributed by atoms with van der Waals surface area (Å²) >= 11 is 5.29. The zero-order valence-corrected chi connectivity index (χ0v) is 12.6. The predicted molar refractivity (Wildman–Crippen MR) is 75.3 cm³/mol. The van der Waals surface area contributed by atoms with Crippen LogP contribution in [-0.4, -0.2) is 28.8 Å². The largest absolute Gasteiger partial charge is 0.350 e. The van der Waals surface area contributed by atoms with Crippen LogP contribution < -0.4 is 5.32 Å². The first-order chi connectivity index (χ1) is 7.62. The molecule has 0 unspecified atom stereocenters. The molecule has 1 amide bonds. The molecule has 0 spiro atoms. The first-order valence-corrected chi connectivity index (χ1v) is 8.49. The second-order valence-corrected chi connectivity index (χ2v) is 6.43. The number of halogens is 1. The third kappa shape index (κ3) is 4.28. The van der Waals surface area contributed by atoms with Crippen molar-refractivity contribution in [3.63, 3.8) is 0 Å². The van der Waals surface area contributed by atoms with E-state index in [1.54, 1.807) is 11.8 Å². The van der Waals surface area contributed by atoms with Crippen molar-refractivity contribution in [1.82, 2.24) is 5.32 Å². The Balaban J connectivity index is 2.44. The predicted octanol–water partition coefficient (Wildman–Crippen LogP) is 3.20. The lowest BCUT2D eigenvalue weighted by Gasteiger charge is -2.39. The van der Waals surface area contributed by atoms with Gasteiger partial charge in [0.05, 0.1) is 0 Å². The van der Waals surface area contributed by atoms with Gasteiger partial charge in [0.2, 0.25) is 5.91 Å². The van der Waals surface area contributed by atoms with Gasteiger partial charge in [0, 0.05) is 23.0 Å². The second kappa shape index (κ2) is 6.90. The van der Waals surface area contributed by atoms with E-state index in [4.69, 9.17) is 0 Å². The lowest BCUT2D eigenvalue weighted by Crippen LogP contribution is -2.52. The van der Waals surface area contributed by atoms with Crippen molar-refractivity contribution < 1.29 is 4.79 Å². The molecule has 94 valence electrons. The number of rotatable bonds is 5. The van der Waals surface area contributed by atoms with E-state index in [0.29, 0.717) is 6.42 Å². The van der Waals surface area contributed by atoms with Crippen LogP contribution in [0.1, 0.15) is 39.0 Å². The molecule has 0 aromatic heterocycles. The minimum absolute atomic E-state index is 0.0298. The first kappa shape index (κ1) is 14.4. The second-order valence-electron chi connectivity index (χ2n) is 4.89. The average molecular weight is 308 g/mol. The molecule has 0 atom stereocenters. The van der Waals surface area contributed by atoms with Crippen molar-refractivity contribution in [2.24, 2.45) is 5.92 Å². The number of thioether (sulfide) groups is 1. The van der Waals surface area contributed by atoms with E-state index in [0.717, 1.165) is 29.8 Å². The summed E-state index contributed by atoms with van der Waals surface area (Å²) in [7, 11) is 0. The molecule has 0 radical (unpaired) electrons. The maximum Gasteiger partial charge on any atom is 0.221 e. The number of hydrogen-bond donors (Lipinski definition) is 1. The molecule has 16 heavy (non-hydrogen) atoms. The number of carbonyl (C=O) groups is 1. The highest BCUT2D eigenvalue weighted by Gasteiger charge is 2.34. The van der Waals surface area contributed by atoms with E-state index in [1.807, 2.05) is 6.26 Å². The Hall–Kier alpha value is 0.300. The van der Waals surface area contributed by atoms with Crippen molar-refractivity contribution >= 4 is 33.6 Å². The Bertz CT molecular complexity index is 227. The molecular formula is C12H22BrNOS. The average Bonchev–Trinajstić information content (AvgIpc) is 2.30. The smallest absolute Gasteiger partial charge is 0.221 e. The van der Waals surface area contributed by atoms with Crippen molar-refractivity contribution in [2.75, 3.05) is 17.3 Å². The van der Waals surface area contributed by atoms with Gasteiger partial charge in [-0.1, -0.05) is 22.9 Å². The lowest BCUT2D eigenvalue weighted by atomic mass is 9.78. The molecule has 2 nitrogen and oxygen atoms in total. The maximum atomic E-state index is 11.8. The van der Waals surface area contributed by atoms with Crippen LogP contribution in [0.2, 0.25) is 0 Å². The van der Waals surface area contributed by atoms with Gasteiger partial charge < -0.3 is 5.32 Å². The van der Waals surface area contributed by atoms with Crippen molar-refractivity contribution in [3.8, 4) is 0 Å². The maximum absolute atomic E-state index is 11.8. The summed E-state index contributed by atoms with van der Waals surface area (Å²) in [6.45, 7) is 2.30. The van der Waals surface area contributed by atoms with Crippen LogP contribution in [0.4, 0.5) is 0 Å². The molecule has 0 saturated heterocycles. The Morgan fingerprint density at radius 2 is 2.12 bits per heavy atom. The van der Waals surface area contributed by atoms with E-state index in [1.165, 1.54) is 12.8 Å². The van der Waals surface area contributed by atoms with Crippen LogP contribution >= 0.6 is 27.7 Å². The SMILES string of the molecule is CSCCC(=O)NC1(CBr)CCC(C)CC1. The van der Waals surface area contributed by atoms with Crippen molar-refractivity contribution in [3.05, 3.63) is 0 Å². The van der Waals surface area contributed by atoms with E-state index in [2.05, 4.69) is 28.2 Å². The van der Waals surface area contributed by atoms with Gasteiger partial charge >= 0.3 is 0 Å². The Kier molecular flexibility index (Phi) is 6.19. The van der Waals surface area contributed by atoms with Crippen LogP contribution in [0.3, 0.4) is 0 Å². The molecule has 1 saturated carbocycles. The summed E-state index contributed by atoms with van der Waals surface area (Å²) in [5.41, 5.74) is 0.0298. The number of amides is 1. The summed E-state index contributed by atoms with van der Waals surface area (Å²) in [5, 5.41) is 4.12. The molecule has 1 fully saturated rings. The molecule has 0 bridgehead atoms. The zero-order chi connectivity index (χ0) is 12.0. The first-order valence-electron chi connectivity index (χ1n) is 5.98. The minimum Gasteiger partial charge on any atom is -0.350 e. The Labute approximate surface area is 111 Å². The van der Waals surface area contributed by atoms with Crippen LogP contribution in [-0.2, 0) is 4.79 Å².